The van der Waals surface area contributed by atoms with E-state index in [4.69, 9.17) is 9.47 Å². The van der Waals surface area contributed by atoms with Crippen molar-refractivity contribution >= 4 is 53.5 Å². The number of halogens is 3. The van der Waals surface area contributed by atoms with Crippen LogP contribution in [0.4, 0.5) is 5.69 Å². The van der Waals surface area contributed by atoms with Gasteiger partial charge in [0, 0.05) is 21.2 Å². The van der Waals surface area contributed by atoms with Gasteiger partial charge in [-0.1, -0.05) is 15.9 Å². The molecule has 2 aromatic rings. The first kappa shape index (κ1) is 15.2. The van der Waals surface area contributed by atoms with Gasteiger partial charge in [-0.2, -0.15) is 0 Å². The number of rotatable bonds is 3. The predicted molar refractivity (Wildman–Crippen MR) is 94.3 cm³/mol. The normalized spacial score (nSPS) is 13.1. The monoisotopic (exact) mass is 475 g/mol. The summed E-state index contributed by atoms with van der Waals surface area (Å²) in [7, 11) is 0. The van der Waals surface area contributed by atoms with E-state index in [1.807, 2.05) is 30.3 Å². The predicted octanol–water partition coefficient (Wildman–Crippen LogP) is 5.36. The molecule has 1 aliphatic rings. The maximum Gasteiger partial charge on any atom is 0.175 e. The Balaban J connectivity index is 1.79. The van der Waals surface area contributed by atoms with Crippen molar-refractivity contribution in [2.24, 2.45) is 0 Å². The summed E-state index contributed by atoms with van der Waals surface area (Å²) >= 11 is 10.6. The van der Waals surface area contributed by atoms with Crippen LogP contribution in [0.1, 0.15) is 5.56 Å². The number of nitrogens with one attached hydrogen (secondary N) is 1. The van der Waals surface area contributed by atoms with Gasteiger partial charge in [-0.15, -0.1) is 0 Å². The number of fused-ring (bicyclic) bond motifs is 1. The van der Waals surface area contributed by atoms with Crippen LogP contribution in [0.3, 0.4) is 0 Å². The lowest BCUT2D eigenvalue weighted by molar-refractivity contribution is 0.170. The molecule has 3 nitrogen and oxygen atoms in total. The van der Waals surface area contributed by atoms with Crippen LogP contribution in [0, 0.1) is 0 Å². The van der Waals surface area contributed by atoms with Crippen molar-refractivity contribution in [2.45, 2.75) is 6.54 Å². The molecule has 2 aromatic carbocycles. The molecule has 1 N–H and O–H groups in total. The maximum absolute atomic E-state index is 5.64. The molecule has 0 atom stereocenters. The van der Waals surface area contributed by atoms with Crippen molar-refractivity contribution in [3.8, 4) is 11.5 Å². The summed E-state index contributed by atoms with van der Waals surface area (Å²) in [5.74, 6) is 1.58. The molecule has 3 rings (SSSR count). The first-order valence-corrected chi connectivity index (χ1v) is 8.78. The van der Waals surface area contributed by atoms with E-state index in [9.17, 15) is 0 Å². The molecule has 0 aromatic heterocycles. The summed E-state index contributed by atoms with van der Waals surface area (Å²) in [4.78, 5) is 0. The summed E-state index contributed by atoms with van der Waals surface area (Å²) in [5.41, 5.74) is 2.16. The number of anilines is 1. The third-order valence-corrected chi connectivity index (χ3v) is 4.84. The van der Waals surface area contributed by atoms with Crippen LogP contribution < -0.4 is 14.8 Å². The topological polar surface area (TPSA) is 30.5 Å². The summed E-state index contributed by atoms with van der Waals surface area (Å²) in [6.07, 6.45) is 0. The van der Waals surface area contributed by atoms with Crippen molar-refractivity contribution in [1.82, 2.24) is 0 Å². The summed E-state index contributed by atoms with van der Waals surface area (Å²) in [6.45, 7) is 1.88. The molecule has 1 aliphatic heterocycles. The molecule has 21 heavy (non-hydrogen) atoms. The Morgan fingerprint density at radius 2 is 1.76 bits per heavy atom. The van der Waals surface area contributed by atoms with Gasteiger partial charge >= 0.3 is 0 Å². The molecule has 6 heteroatoms. The van der Waals surface area contributed by atoms with E-state index in [-0.39, 0.29) is 0 Å². The minimum atomic E-state index is 0.591. The molecule has 0 fully saturated rings. The Bertz CT molecular complexity index is 676. The molecular weight excluding hydrogens is 466 g/mol. The van der Waals surface area contributed by atoms with Crippen LogP contribution in [0.25, 0.3) is 0 Å². The van der Waals surface area contributed by atoms with E-state index < -0.39 is 0 Å². The first-order chi connectivity index (χ1) is 10.1. The Morgan fingerprint density at radius 1 is 0.952 bits per heavy atom. The highest BCUT2D eigenvalue weighted by Crippen LogP contribution is 2.38. The van der Waals surface area contributed by atoms with E-state index in [1.54, 1.807) is 0 Å². The van der Waals surface area contributed by atoms with Gasteiger partial charge < -0.3 is 14.8 Å². The van der Waals surface area contributed by atoms with Gasteiger partial charge in [0.15, 0.2) is 11.5 Å². The zero-order valence-electron chi connectivity index (χ0n) is 11.0. The van der Waals surface area contributed by atoms with E-state index >= 15 is 0 Å². The van der Waals surface area contributed by atoms with Gasteiger partial charge in [-0.25, -0.2) is 0 Å². The van der Waals surface area contributed by atoms with Crippen LogP contribution in [-0.4, -0.2) is 13.2 Å². The van der Waals surface area contributed by atoms with E-state index in [0.29, 0.717) is 19.8 Å². The summed E-state index contributed by atoms with van der Waals surface area (Å²) < 4.78 is 14.2. The Hall–Kier alpha value is -0.720. The maximum atomic E-state index is 5.64. The highest BCUT2D eigenvalue weighted by atomic mass is 79.9. The molecule has 0 amide bonds. The van der Waals surface area contributed by atoms with E-state index in [0.717, 1.165) is 36.2 Å². The SMILES string of the molecule is Brc1ccc(Br)c(NCc2cc(Br)c3c(c2)OCCO3)c1. The zero-order chi connectivity index (χ0) is 14.8. The largest absolute Gasteiger partial charge is 0.486 e. The van der Waals surface area contributed by atoms with Crippen molar-refractivity contribution in [2.75, 3.05) is 18.5 Å². The molecule has 0 saturated heterocycles. The van der Waals surface area contributed by atoms with Gasteiger partial charge in [-0.3, -0.25) is 0 Å². The van der Waals surface area contributed by atoms with Gasteiger partial charge in [-0.05, 0) is 67.8 Å². The second-order valence-electron chi connectivity index (χ2n) is 4.58. The fraction of sp³-hybridized carbons (Fsp3) is 0.200. The van der Waals surface area contributed by atoms with Crippen LogP contribution >= 0.6 is 47.8 Å². The quantitative estimate of drug-likeness (QED) is 0.645. The summed E-state index contributed by atoms with van der Waals surface area (Å²) in [6, 6.07) is 10.1. The molecule has 0 spiro atoms. The average molecular weight is 478 g/mol. The fourth-order valence-electron chi connectivity index (χ4n) is 2.10. The molecule has 0 aliphatic carbocycles. The molecule has 0 radical (unpaired) electrons. The van der Waals surface area contributed by atoms with Gasteiger partial charge in [0.05, 0.1) is 4.47 Å². The lowest BCUT2D eigenvalue weighted by Gasteiger charge is -2.20. The van der Waals surface area contributed by atoms with Crippen molar-refractivity contribution in [3.63, 3.8) is 0 Å². The Kier molecular flexibility index (Phi) is 4.76. The third-order valence-electron chi connectivity index (χ3n) is 3.07. The third kappa shape index (κ3) is 3.55. The first-order valence-electron chi connectivity index (χ1n) is 6.40. The molecular formula is C15H12Br3NO2. The van der Waals surface area contributed by atoms with Crippen LogP contribution in [0.15, 0.2) is 43.7 Å². The summed E-state index contributed by atoms with van der Waals surface area (Å²) in [5, 5.41) is 3.41. The number of hydrogen-bond donors (Lipinski definition) is 1. The van der Waals surface area contributed by atoms with Crippen molar-refractivity contribution in [3.05, 3.63) is 49.3 Å². The fourth-order valence-corrected chi connectivity index (χ4v) is 3.45. The number of hydrogen-bond acceptors (Lipinski definition) is 3. The smallest absolute Gasteiger partial charge is 0.175 e. The zero-order valence-corrected chi connectivity index (χ0v) is 15.7. The Labute approximate surface area is 148 Å². The number of ether oxygens (including phenoxy) is 2. The highest BCUT2D eigenvalue weighted by molar-refractivity contribution is 9.11. The second-order valence-corrected chi connectivity index (χ2v) is 7.20. The highest BCUT2D eigenvalue weighted by Gasteiger charge is 2.16. The van der Waals surface area contributed by atoms with Crippen LogP contribution in [-0.2, 0) is 6.54 Å². The van der Waals surface area contributed by atoms with E-state index in [2.05, 4.69) is 53.1 Å². The van der Waals surface area contributed by atoms with Crippen molar-refractivity contribution < 1.29 is 9.47 Å². The Morgan fingerprint density at radius 3 is 2.62 bits per heavy atom. The molecule has 0 unspecified atom stereocenters. The van der Waals surface area contributed by atoms with E-state index in [1.165, 1.54) is 0 Å². The average Bonchev–Trinajstić information content (AvgIpc) is 2.48. The minimum Gasteiger partial charge on any atom is -0.486 e. The molecule has 1 heterocycles. The molecule has 0 saturated carbocycles. The van der Waals surface area contributed by atoms with Gasteiger partial charge in [0.2, 0.25) is 0 Å². The van der Waals surface area contributed by atoms with Gasteiger partial charge in [0.1, 0.15) is 13.2 Å². The van der Waals surface area contributed by atoms with Crippen LogP contribution in [0.2, 0.25) is 0 Å². The molecule has 0 bridgehead atoms. The number of benzene rings is 2. The molecule has 110 valence electrons. The van der Waals surface area contributed by atoms with Gasteiger partial charge in [0.25, 0.3) is 0 Å². The lowest BCUT2D eigenvalue weighted by atomic mass is 10.2. The van der Waals surface area contributed by atoms with Crippen LogP contribution in [0.5, 0.6) is 11.5 Å². The second kappa shape index (κ2) is 6.58. The van der Waals surface area contributed by atoms with Crippen molar-refractivity contribution in [1.29, 1.82) is 0 Å². The standard InChI is InChI=1S/C15H12Br3NO2/c16-10-1-2-11(17)13(7-10)19-8-9-5-12(18)15-14(6-9)20-3-4-21-15/h1-2,5-7,19H,3-4,8H2. The lowest BCUT2D eigenvalue weighted by Crippen LogP contribution is -2.16. The minimum absolute atomic E-state index is 0.591.